The van der Waals surface area contributed by atoms with Gasteiger partial charge in [-0.2, -0.15) is 0 Å². The fourth-order valence-electron chi connectivity index (χ4n) is 1.65. The predicted octanol–water partition coefficient (Wildman–Crippen LogP) is 2.06. The monoisotopic (exact) mass is 290 g/mol. The molecule has 0 saturated carbocycles. The molecule has 104 valence electrons. The summed E-state index contributed by atoms with van der Waals surface area (Å²) in [4.78, 5) is 27.6. The highest BCUT2D eigenvalue weighted by molar-refractivity contribution is 7.17. The Morgan fingerprint density at radius 2 is 2.05 bits per heavy atom. The number of amides is 1. The molecule has 1 aromatic heterocycles. The Bertz CT molecular complexity index is 610. The zero-order chi connectivity index (χ0) is 14.5. The molecule has 0 spiro atoms. The van der Waals surface area contributed by atoms with Crippen LogP contribution in [0, 0.1) is 0 Å². The van der Waals surface area contributed by atoms with Gasteiger partial charge in [-0.3, -0.25) is 9.59 Å². The number of hydrogen-bond donors (Lipinski definition) is 2. The lowest BCUT2D eigenvalue weighted by Gasteiger charge is -2.10. The topological polar surface area (TPSA) is 79.3 Å². The molecule has 6 heteroatoms. The van der Waals surface area contributed by atoms with E-state index in [4.69, 9.17) is 5.11 Å². The quantitative estimate of drug-likeness (QED) is 0.826. The number of nitrogens with one attached hydrogen (secondary N) is 1. The van der Waals surface area contributed by atoms with Crippen LogP contribution in [-0.4, -0.2) is 28.4 Å². The van der Waals surface area contributed by atoms with Crippen molar-refractivity contribution >= 4 is 28.2 Å². The molecule has 2 rings (SSSR count). The third-order valence-corrected chi connectivity index (χ3v) is 3.80. The molecule has 2 N–H and O–H groups in total. The largest absolute Gasteiger partial charge is 0.388 e. The highest BCUT2D eigenvalue weighted by Gasteiger charge is 2.17. The van der Waals surface area contributed by atoms with Crippen LogP contribution in [0.4, 0.5) is 5.13 Å². The minimum atomic E-state index is -0.560. The molecule has 2 aromatic rings. The highest BCUT2D eigenvalue weighted by Crippen LogP contribution is 2.21. The second-order valence-electron chi connectivity index (χ2n) is 4.23. The standard InChI is InChI=1S/C14H14N2O3S/c1-9(10-5-3-2-4-6-10)13(19)16-14-15-7-12(20-14)11(18)8-17/h2-7,9,17H,8H2,1H3,(H,15,16,19). The molecule has 0 saturated heterocycles. The van der Waals surface area contributed by atoms with Crippen molar-refractivity contribution in [2.24, 2.45) is 0 Å². The number of ketones is 1. The van der Waals surface area contributed by atoms with Crippen LogP contribution in [0.15, 0.2) is 36.5 Å². The predicted molar refractivity (Wildman–Crippen MR) is 77.0 cm³/mol. The fourth-order valence-corrected chi connectivity index (χ4v) is 2.39. The number of hydrogen-bond acceptors (Lipinski definition) is 5. The van der Waals surface area contributed by atoms with E-state index in [2.05, 4.69) is 10.3 Å². The molecule has 5 nitrogen and oxygen atoms in total. The Morgan fingerprint density at radius 1 is 1.35 bits per heavy atom. The van der Waals surface area contributed by atoms with Crippen molar-refractivity contribution in [3.05, 3.63) is 47.0 Å². The van der Waals surface area contributed by atoms with Crippen molar-refractivity contribution in [1.29, 1.82) is 0 Å². The number of anilines is 1. The van der Waals surface area contributed by atoms with Gasteiger partial charge in [0.05, 0.1) is 17.0 Å². The van der Waals surface area contributed by atoms with Gasteiger partial charge < -0.3 is 10.4 Å². The molecule has 0 bridgehead atoms. The van der Waals surface area contributed by atoms with Crippen molar-refractivity contribution in [1.82, 2.24) is 4.98 Å². The molecule has 0 aliphatic heterocycles. The molecule has 0 aliphatic rings. The van der Waals surface area contributed by atoms with E-state index in [-0.39, 0.29) is 11.8 Å². The maximum atomic E-state index is 12.1. The Labute approximate surface area is 120 Å². The number of rotatable bonds is 5. The first-order valence-corrected chi connectivity index (χ1v) is 6.89. The highest BCUT2D eigenvalue weighted by atomic mass is 32.1. The number of Topliss-reactive ketones (excluding diaryl/α,β-unsaturated/α-hetero) is 1. The number of aliphatic hydroxyl groups excluding tert-OH is 1. The van der Waals surface area contributed by atoms with E-state index in [1.54, 1.807) is 6.92 Å². The lowest BCUT2D eigenvalue weighted by atomic mass is 10.0. The van der Waals surface area contributed by atoms with Crippen molar-refractivity contribution < 1.29 is 14.7 Å². The van der Waals surface area contributed by atoms with Crippen LogP contribution in [0.1, 0.15) is 28.1 Å². The van der Waals surface area contributed by atoms with Crippen LogP contribution in [-0.2, 0) is 4.79 Å². The van der Waals surface area contributed by atoms with Gasteiger partial charge in [0.1, 0.15) is 6.61 Å². The second kappa shape index (κ2) is 6.40. The minimum Gasteiger partial charge on any atom is -0.388 e. The lowest BCUT2D eigenvalue weighted by molar-refractivity contribution is -0.117. The molecular formula is C14H14N2O3S. The van der Waals surface area contributed by atoms with Crippen molar-refractivity contribution in [3.63, 3.8) is 0 Å². The number of benzene rings is 1. The average Bonchev–Trinajstić information content (AvgIpc) is 2.95. The van der Waals surface area contributed by atoms with Crippen molar-refractivity contribution in [2.75, 3.05) is 11.9 Å². The average molecular weight is 290 g/mol. The van der Waals surface area contributed by atoms with Crippen molar-refractivity contribution in [3.8, 4) is 0 Å². The summed E-state index contributed by atoms with van der Waals surface area (Å²) in [5.41, 5.74) is 0.910. The van der Waals surface area contributed by atoms with Crippen LogP contribution in [0.5, 0.6) is 0 Å². The molecule has 1 atom stereocenters. The van der Waals surface area contributed by atoms with Crippen molar-refractivity contribution in [2.45, 2.75) is 12.8 Å². The summed E-state index contributed by atoms with van der Waals surface area (Å²) in [6.07, 6.45) is 1.35. The van der Waals surface area contributed by atoms with Crippen LogP contribution in [0.25, 0.3) is 0 Å². The number of carbonyl (C=O) groups excluding carboxylic acids is 2. The molecule has 20 heavy (non-hydrogen) atoms. The first kappa shape index (κ1) is 14.4. The molecular weight excluding hydrogens is 276 g/mol. The van der Waals surface area contributed by atoms with Gasteiger partial charge in [0.2, 0.25) is 5.91 Å². The molecule has 1 aromatic carbocycles. The van der Waals surface area contributed by atoms with Crippen LogP contribution in [0.3, 0.4) is 0 Å². The van der Waals surface area contributed by atoms with E-state index in [1.165, 1.54) is 6.20 Å². The van der Waals surface area contributed by atoms with Crippen LogP contribution in [0.2, 0.25) is 0 Å². The number of aliphatic hydroxyl groups is 1. The Balaban J connectivity index is 2.04. The smallest absolute Gasteiger partial charge is 0.233 e. The summed E-state index contributed by atoms with van der Waals surface area (Å²) in [6.45, 7) is 1.24. The van der Waals surface area contributed by atoms with E-state index in [1.807, 2.05) is 30.3 Å². The van der Waals surface area contributed by atoms with Gasteiger partial charge in [-0.25, -0.2) is 4.98 Å². The van der Waals surface area contributed by atoms with Crippen LogP contribution >= 0.6 is 11.3 Å². The Hall–Kier alpha value is -2.05. The van der Waals surface area contributed by atoms with E-state index >= 15 is 0 Å². The van der Waals surface area contributed by atoms with E-state index in [0.29, 0.717) is 10.0 Å². The molecule has 0 radical (unpaired) electrons. The van der Waals surface area contributed by atoms with Gasteiger partial charge in [-0.1, -0.05) is 41.7 Å². The number of nitrogens with zero attached hydrogens (tertiary/aromatic N) is 1. The van der Waals surface area contributed by atoms with Gasteiger partial charge >= 0.3 is 0 Å². The van der Waals surface area contributed by atoms with Gasteiger partial charge in [0.25, 0.3) is 0 Å². The summed E-state index contributed by atoms with van der Waals surface area (Å²) in [6, 6.07) is 9.41. The summed E-state index contributed by atoms with van der Waals surface area (Å²) < 4.78 is 0. The molecule has 1 heterocycles. The van der Waals surface area contributed by atoms with E-state index in [0.717, 1.165) is 16.9 Å². The third-order valence-electron chi connectivity index (χ3n) is 2.85. The Morgan fingerprint density at radius 3 is 2.70 bits per heavy atom. The minimum absolute atomic E-state index is 0.187. The lowest BCUT2D eigenvalue weighted by Crippen LogP contribution is -2.18. The molecule has 1 unspecified atom stereocenters. The summed E-state index contributed by atoms with van der Waals surface area (Å²) in [7, 11) is 0. The first-order chi connectivity index (χ1) is 9.61. The normalized spacial score (nSPS) is 11.9. The molecule has 0 fully saturated rings. The maximum absolute atomic E-state index is 12.1. The van der Waals surface area contributed by atoms with Gasteiger partial charge in [0, 0.05) is 0 Å². The zero-order valence-electron chi connectivity index (χ0n) is 10.9. The molecule has 0 aliphatic carbocycles. The van der Waals surface area contributed by atoms with E-state index < -0.39 is 12.4 Å². The maximum Gasteiger partial charge on any atom is 0.233 e. The number of carbonyl (C=O) groups is 2. The second-order valence-corrected chi connectivity index (χ2v) is 5.26. The zero-order valence-corrected chi connectivity index (χ0v) is 11.7. The number of aromatic nitrogens is 1. The SMILES string of the molecule is CC(C(=O)Nc1ncc(C(=O)CO)s1)c1ccccc1. The fraction of sp³-hybridized carbons (Fsp3) is 0.214. The van der Waals surface area contributed by atoms with Crippen LogP contribution < -0.4 is 5.32 Å². The Kier molecular flexibility index (Phi) is 4.60. The molecule has 1 amide bonds. The summed E-state index contributed by atoms with van der Waals surface area (Å²) >= 11 is 1.05. The summed E-state index contributed by atoms with van der Waals surface area (Å²) in [5, 5.41) is 11.8. The van der Waals surface area contributed by atoms with E-state index in [9.17, 15) is 9.59 Å². The van der Waals surface area contributed by atoms with Gasteiger partial charge in [0.15, 0.2) is 10.9 Å². The van der Waals surface area contributed by atoms with Gasteiger partial charge in [-0.05, 0) is 12.5 Å². The first-order valence-electron chi connectivity index (χ1n) is 6.07. The third kappa shape index (κ3) is 3.28. The van der Waals surface area contributed by atoms with Gasteiger partial charge in [-0.15, -0.1) is 0 Å². The number of thiazole rings is 1. The summed E-state index contributed by atoms with van der Waals surface area (Å²) in [5.74, 6) is -0.898.